The molecule has 10 heavy (non-hydrogen) atoms. The van der Waals surface area contributed by atoms with Crippen LogP contribution in [-0.2, 0) is 11.2 Å². The Kier molecular flexibility index (Phi) is 2.06. The lowest BCUT2D eigenvalue weighted by atomic mass is 10.3. The zero-order chi connectivity index (χ0) is 7.56. The van der Waals surface area contributed by atoms with Gasteiger partial charge in [0.2, 0.25) is 0 Å². The number of carbonyl (C=O) groups excluding carboxylic acids is 1. The van der Waals surface area contributed by atoms with Crippen molar-refractivity contribution < 1.29 is 9.21 Å². The Labute approximate surface area is 63.0 Å². The fraction of sp³-hybridized carbons (Fsp3) is 0.333. The van der Waals surface area contributed by atoms with E-state index in [2.05, 4.69) is 9.40 Å². The van der Waals surface area contributed by atoms with Gasteiger partial charge < -0.3 is 4.42 Å². The molecule has 1 aromatic rings. The zero-order valence-electron chi connectivity index (χ0n) is 5.43. The number of nitrogens with zero attached hydrogens (tertiary/aromatic N) is 1. The summed E-state index contributed by atoms with van der Waals surface area (Å²) in [5, 5.41) is 0.0799. The Morgan fingerprint density at radius 1 is 1.90 bits per heavy atom. The van der Waals surface area contributed by atoms with Crippen molar-refractivity contribution in [3.05, 3.63) is 17.3 Å². The number of oxazole rings is 1. The van der Waals surface area contributed by atoms with E-state index in [1.807, 2.05) is 0 Å². The van der Waals surface area contributed by atoms with Crippen LogP contribution >= 0.6 is 11.6 Å². The number of carbonyl (C=O) groups is 1. The van der Waals surface area contributed by atoms with Crippen LogP contribution in [0.4, 0.5) is 0 Å². The molecule has 0 bridgehead atoms. The van der Waals surface area contributed by atoms with Crippen molar-refractivity contribution >= 4 is 17.4 Å². The molecule has 4 heteroatoms. The lowest BCUT2D eigenvalue weighted by Gasteiger charge is -1.83. The van der Waals surface area contributed by atoms with Crippen LogP contribution in [0.25, 0.3) is 0 Å². The lowest BCUT2D eigenvalue weighted by molar-refractivity contribution is -0.116. The first-order chi connectivity index (χ1) is 4.68. The average Bonchev–Trinajstić information content (AvgIpc) is 2.13. The zero-order valence-corrected chi connectivity index (χ0v) is 6.18. The first-order valence-electron chi connectivity index (χ1n) is 2.78. The van der Waals surface area contributed by atoms with Gasteiger partial charge >= 0.3 is 0 Å². The second-order valence-electron chi connectivity index (χ2n) is 1.97. The molecule has 0 fully saturated rings. The van der Waals surface area contributed by atoms with E-state index in [9.17, 15) is 4.79 Å². The summed E-state index contributed by atoms with van der Waals surface area (Å²) in [6.45, 7) is 1.49. The third-order valence-corrected chi connectivity index (χ3v) is 1.13. The molecular formula is C6H6ClNO2. The van der Waals surface area contributed by atoms with Crippen LogP contribution < -0.4 is 0 Å². The summed E-state index contributed by atoms with van der Waals surface area (Å²) in [5.41, 5.74) is 0.581. The molecular weight excluding hydrogens is 154 g/mol. The van der Waals surface area contributed by atoms with E-state index < -0.39 is 0 Å². The predicted octanol–water partition coefficient (Wildman–Crippen LogP) is 1.46. The lowest BCUT2D eigenvalue weighted by Crippen LogP contribution is -1.95. The van der Waals surface area contributed by atoms with Crippen LogP contribution in [0.3, 0.4) is 0 Å². The van der Waals surface area contributed by atoms with E-state index >= 15 is 0 Å². The highest BCUT2D eigenvalue weighted by molar-refractivity contribution is 6.27. The number of Topliss-reactive ketones (excluding diaryl/α,β-unsaturated/α-hetero) is 1. The summed E-state index contributed by atoms with van der Waals surface area (Å²) in [6.07, 6.45) is 1.67. The van der Waals surface area contributed by atoms with Gasteiger partial charge in [0, 0.05) is 0 Å². The third kappa shape index (κ3) is 1.84. The number of ketones is 1. The van der Waals surface area contributed by atoms with Crippen molar-refractivity contribution in [2.75, 3.05) is 0 Å². The van der Waals surface area contributed by atoms with Crippen molar-refractivity contribution in [3.63, 3.8) is 0 Å². The smallest absolute Gasteiger partial charge is 0.292 e. The highest BCUT2D eigenvalue weighted by Crippen LogP contribution is 2.07. The largest absolute Gasteiger partial charge is 0.436 e. The molecule has 1 aromatic heterocycles. The van der Waals surface area contributed by atoms with Gasteiger partial charge in [-0.3, -0.25) is 4.79 Å². The summed E-state index contributed by atoms with van der Waals surface area (Å²) in [4.78, 5) is 14.2. The first-order valence-corrected chi connectivity index (χ1v) is 3.15. The molecule has 0 aliphatic carbocycles. The molecule has 0 aliphatic heterocycles. The fourth-order valence-electron chi connectivity index (χ4n) is 0.619. The van der Waals surface area contributed by atoms with E-state index in [1.165, 1.54) is 13.2 Å². The highest BCUT2D eigenvalue weighted by atomic mass is 35.5. The van der Waals surface area contributed by atoms with E-state index in [0.717, 1.165) is 0 Å². The second-order valence-corrected chi connectivity index (χ2v) is 2.29. The van der Waals surface area contributed by atoms with Gasteiger partial charge in [0.15, 0.2) is 0 Å². The Bertz CT molecular complexity index is 244. The summed E-state index contributed by atoms with van der Waals surface area (Å²) >= 11 is 5.35. The van der Waals surface area contributed by atoms with Crippen LogP contribution in [-0.4, -0.2) is 10.8 Å². The van der Waals surface area contributed by atoms with Gasteiger partial charge in [0.25, 0.3) is 5.35 Å². The molecule has 3 nitrogen and oxygen atoms in total. The minimum absolute atomic E-state index is 0.0463. The third-order valence-electron chi connectivity index (χ3n) is 0.954. The van der Waals surface area contributed by atoms with Crippen LogP contribution in [0.5, 0.6) is 0 Å². The van der Waals surface area contributed by atoms with E-state index in [-0.39, 0.29) is 17.6 Å². The molecule has 0 aliphatic rings. The molecule has 0 N–H and O–H groups in total. The summed E-state index contributed by atoms with van der Waals surface area (Å²) in [5.74, 6) is 0.0463. The molecule has 0 aromatic carbocycles. The predicted molar refractivity (Wildman–Crippen MR) is 35.9 cm³/mol. The number of rotatable bonds is 2. The maximum Gasteiger partial charge on any atom is 0.292 e. The Hall–Kier alpha value is -0.830. The first kappa shape index (κ1) is 7.28. The quantitative estimate of drug-likeness (QED) is 0.656. The van der Waals surface area contributed by atoms with E-state index in [0.29, 0.717) is 5.69 Å². The fourth-order valence-corrected chi connectivity index (χ4v) is 0.772. The molecule has 0 atom stereocenters. The summed E-state index contributed by atoms with van der Waals surface area (Å²) in [7, 11) is 0. The van der Waals surface area contributed by atoms with E-state index in [1.54, 1.807) is 0 Å². The number of aromatic nitrogens is 1. The Morgan fingerprint density at radius 2 is 2.60 bits per heavy atom. The van der Waals surface area contributed by atoms with Gasteiger partial charge in [0.05, 0.1) is 12.1 Å². The molecule has 1 rings (SSSR count). The van der Waals surface area contributed by atoms with Crippen molar-refractivity contribution in [1.82, 2.24) is 4.98 Å². The van der Waals surface area contributed by atoms with Crippen molar-refractivity contribution in [3.8, 4) is 0 Å². The Morgan fingerprint density at radius 3 is 3.00 bits per heavy atom. The minimum Gasteiger partial charge on any atom is -0.436 e. The van der Waals surface area contributed by atoms with Crippen LogP contribution in [0.15, 0.2) is 10.7 Å². The normalized spacial score (nSPS) is 9.80. The number of halogens is 1. The summed E-state index contributed by atoms with van der Waals surface area (Å²) in [6, 6.07) is 0. The highest BCUT2D eigenvalue weighted by Gasteiger charge is 2.02. The van der Waals surface area contributed by atoms with Crippen LogP contribution in [0.1, 0.15) is 12.6 Å². The second kappa shape index (κ2) is 2.84. The number of hydrogen-bond acceptors (Lipinski definition) is 3. The van der Waals surface area contributed by atoms with Crippen LogP contribution in [0.2, 0.25) is 5.35 Å². The van der Waals surface area contributed by atoms with Crippen LogP contribution in [0, 0.1) is 0 Å². The van der Waals surface area contributed by atoms with Crippen molar-refractivity contribution in [1.29, 1.82) is 0 Å². The topological polar surface area (TPSA) is 43.1 Å². The maximum atomic E-state index is 10.5. The monoisotopic (exact) mass is 159 g/mol. The van der Waals surface area contributed by atoms with Gasteiger partial charge in [-0.05, 0) is 18.5 Å². The standard InChI is InChI=1S/C6H6ClNO2/c1-4(9)2-5-3-10-6(7)8-5/h3H,2H2,1H3. The summed E-state index contributed by atoms with van der Waals surface area (Å²) < 4.78 is 4.67. The average molecular weight is 160 g/mol. The number of hydrogen-bond donors (Lipinski definition) is 0. The molecule has 0 spiro atoms. The molecule has 0 amide bonds. The van der Waals surface area contributed by atoms with E-state index in [4.69, 9.17) is 11.6 Å². The minimum atomic E-state index is 0.0463. The van der Waals surface area contributed by atoms with Gasteiger partial charge in [-0.2, -0.15) is 0 Å². The molecule has 0 radical (unpaired) electrons. The van der Waals surface area contributed by atoms with Gasteiger partial charge in [0.1, 0.15) is 12.0 Å². The maximum absolute atomic E-state index is 10.5. The SMILES string of the molecule is CC(=O)Cc1coc(Cl)n1. The van der Waals surface area contributed by atoms with Gasteiger partial charge in [-0.1, -0.05) is 0 Å². The molecule has 0 saturated carbocycles. The molecule has 54 valence electrons. The Balaban J connectivity index is 2.67. The van der Waals surface area contributed by atoms with Crippen molar-refractivity contribution in [2.45, 2.75) is 13.3 Å². The van der Waals surface area contributed by atoms with Gasteiger partial charge in [-0.25, -0.2) is 4.98 Å². The molecule has 1 heterocycles. The molecule has 0 saturated heterocycles. The molecule has 0 unspecified atom stereocenters. The van der Waals surface area contributed by atoms with Gasteiger partial charge in [-0.15, -0.1) is 0 Å². The van der Waals surface area contributed by atoms with Crippen molar-refractivity contribution in [2.24, 2.45) is 0 Å².